The predicted molar refractivity (Wildman–Crippen MR) is 94.4 cm³/mol. The molecule has 1 aromatic rings. The number of benzene rings is 1. The van der Waals surface area contributed by atoms with Crippen molar-refractivity contribution in [2.75, 3.05) is 13.1 Å². The molecule has 0 aromatic heterocycles. The second kappa shape index (κ2) is 8.13. The second-order valence-corrected chi connectivity index (χ2v) is 6.73. The topological polar surface area (TPSA) is 49.4 Å². The van der Waals surface area contributed by atoms with Crippen molar-refractivity contribution in [3.63, 3.8) is 0 Å². The molecule has 2 aliphatic rings. The smallest absolute Gasteiger partial charge is 0.246 e. The average Bonchev–Trinajstić information content (AvgIpc) is 3.12. The van der Waals surface area contributed by atoms with E-state index < -0.39 is 6.04 Å². The lowest BCUT2D eigenvalue weighted by Gasteiger charge is -2.30. The molecule has 1 N–H and O–H groups in total. The van der Waals surface area contributed by atoms with E-state index in [1.807, 2.05) is 30.4 Å². The summed E-state index contributed by atoms with van der Waals surface area (Å²) in [6, 6.07) is 9.67. The van der Waals surface area contributed by atoms with Gasteiger partial charge in [0.15, 0.2) is 0 Å². The highest BCUT2D eigenvalue weighted by molar-refractivity contribution is 5.91. The Morgan fingerprint density at radius 3 is 2.58 bits per heavy atom. The molecule has 4 nitrogen and oxygen atoms in total. The molecule has 24 heavy (non-hydrogen) atoms. The lowest BCUT2D eigenvalue weighted by atomic mass is 9.88. The minimum absolute atomic E-state index is 0.0659. The Hall–Kier alpha value is -2.10. The van der Waals surface area contributed by atoms with Crippen LogP contribution >= 0.6 is 0 Å². The van der Waals surface area contributed by atoms with E-state index in [-0.39, 0.29) is 17.7 Å². The number of hydrogen-bond acceptors (Lipinski definition) is 2. The summed E-state index contributed by atoms with van der Waals surface area (Å²) in [4.78, 5) is 26.9. The third-order valence-corrected chi connectivity index (χ3v) is 5.02. The molecule has 0 bridgehead atoms. The summed E-state index contributed by atoms with van der Waals surface area (Å²) in [5.74, 6) is 0.199. The first-order valence-corrected chi connectivity index (χ1v) is 9.04. The molecular weight excluding hydrogens is 300 g/mol. The molecule has 0 saturated heterocycles. The van der Waals surface area contributed by atoms with E-state index >= 15 is 0 Å². The normalized spacial score (nSPS) is 21.0. The Bertz CT molecular complexity index is 591. The zero-order chi connectivity index (χ0) is 16.8. The minimum Gasteiger partial charge on any atom is -0.354 e. The molecule has 0 spiro atoms. The van der Waals surface area contributed by atoms with Crippen molar-refractivity contribution in [2.45, 2.75) is 44.6 Å². The SMILES string of the molecule is O=C(NCCc1ccccc1)[C@@H]1C=CCN1C(=O)C1CCCCC1. The first-order valence-electron chi connectivity index (χ1n) is 9.04. The van der Waals surface area contributed by atoms with Gasteiger partial charge in [0.05, 0.1) is 0 Å². The van der Waals surface area contributed by atoms with Crippen LogP contribution in [0.15, 0.2) is 42.5 Å². The van der Waals surface area contributed by atoms with Gasteiger partial charge in [-0.2, -0.15) is 0 Å². The van der Waals surface area contributed by atoms with Crippen molar-refractivity contribution in [1.82, 2.24) is 10.2 Å². The zero-order valence-corrected chi connectivity index (χ0v) is 14.1. The Morgan fingerprint density at radius 1 is 1.08 bits per heavy atom. The summed E-state index contributed by atoms with van der Waals surface area (Å²) in [6.07, 6.45) is 10.0. The number of hydrogen-bond donors (Lipinski definition) is 1. The molecule has 0 radical (unpaired) electrons. The van der Waals surface area contributed by atoms with Gasteiger partial charge in [0.2, 0.25) is 11.8 Å². The zero-order valence-electron chi connectivity index (χ0n) is 14.1. The predicted octanol–water partition coefficient (Wildman–Crippen LogP) is 2.69. The quantitative estimate of drug-likeness (QED) is 0.846. The van der Waals surface area contributed by atoms with Crippen LogP contribution < -0.4 is 5.32 Å². The van der Waals surface area contributed by atoms with Gasteiger partial charge in [0.1, 0.15) is 6.04 Å². The largest absolute Gasteiger partial charge is 0.354 e. The van der Waals surface area contributed by atoms with Crippen LogP contribution in [0.25, 0.3) is 0 Å². The maximum atomic E-state index is 12.7. The molecule has 1 aromatic carbocycles. The molecule has 1 fully saturated rings. The molecule has 4 heteroatoms. The fourth-order valence-corrected chi connectivity index (χ4v) is 3.64. The van der Waals surface area contributed by atoms with Crippen LogP contribution in [0.3, 0.4) is 0 Å². The molecule has 128 valence electrons. The fraction of sp³-hybridized carbons (Fsp3) is 0.500. The van der Waals surface area contributed by atoms with Gasteiger partial charge < -0.3 is 10.2 Å². The van der Waals surface area contributed by atoms with Gasteiger partial charge in [-0.25, -0.2) is 0 Å². The first-order chi connectivity index (χ1) is 11.8. The van der Waals surface area contributed by atoms with Crippen molar-refractivity contribution in [2.24, 2.45) is 5.92 Å². The number of nitrogens with zero attached hydrogens (tertiary/aromatic N) is 1. The van der Waals surface area contributed by atoms with E-state index in [9.17, 15) is 9.59 Å². The van der Waals surface area contributed by atoms with E-state index in [2.05, 4.69) is 17.4 Å². The first kappa shape index (κ1) is 16.7. The van der Waals surface area contributed by atoms with Crippen LogP contribution in [0.2, 0.25) is 0 Å². The standard InChI is InChI=1S/C20H26N2O2/c23-19(21-14-13-16-8-3-1-4-9-16)18-12-7-15-22(18)20(24)17-10-5-2-6-11-17/h1,3-4,7-9,12,17-18H,2,5-6,10-11,13-15H2,(H,21,23)/t18-/m0/s1. The van der Waals surface area contributed by atoms with Gasteiger partial charge in [0.25, 0.3) is 0 Å². The molecular formula is C20H26N2O2. The van der Waals surface area contributed by atoms with Gasteiger partial charge in [0, 0.05) is 19.0 Å². The van der Waals surface area contributed by atoms with E-state index in [4.69, 9.17) is 0 Å². The van der Waals surface area contributed by atoms with Crippen LogP contribution in [0.5, 0.6) is 0 Å². The van der Waals surface area contributed by atoms with E-state index in [0.29, 0.717) is 13.1 Å². The van der Waals surface area contributed by atoms with Gasteiger partial charge >= 0.3 is 0 Å². The number of carbonyl (C=O) groups excluding carboxylic acids is 2. The lowest BCUT2D eigenvalue weighted by molar-refractivity contribution is -0.141. The van der Waals surface area contributed by atoms with Crippen molar-refractivity contribution in [3.05, 3.63) is 48.0 Å². The van der Waals surface area contributed by atoms with E-state index in [1.54, 1.807) is 4.90 Å². The molecule has 1 saturated carbocycles. The van der Waals surface area contributed by atoms with Crippen LogP contribution in [0.1, 0.15) is 37.7 Å². The molecule has 1 aliphatic carbocycles. The maximum absolute atomic E-state index is 12.7. The third-order valence-electron chi connectivity index (χ3n) is 5.02. The van der Waals surface area contributed by atoms with Crippen LogP contribution in [-0.2, 0) is 16.0 Å². The van der Waals surface area contributed by atoms with E-state index in [0.717, 1.165) is 32.1 Å². The summed E-state index contributed by atoms with van der Waals surface area (Å²) in [5.41, 5.74) is 1.20. The Labute approximate surface area is 143 Å². The number of carbonyl (C=O) groups is 2. The van der Waals surface area contributed by atoms with Gasteiger partial charge in [-0.1, -0.05) is 61.7 Å². The lowest BCUT2D eigenvalue weighted by Crippen LogP contribution is -2.48. The maximum Gasteiger partial charge on any atom is 0.246 e. The minimum atomic E-state index is -0.435. The molecule has 3 rings (SSSR count). The summed E-state index contributed by atoms with van der Waals surface area (Å²) in [6.45, 7) is 1.16. The summed E-state index contributed by atoms with van der Waals surface area (Å²) in [5, 5.41) is 2.98. The van der Waals surface area contributed by atoms with Gasteiger partial charge in [-0.05, 0) is 24.8 Å². The van der Waals surface area contributed by atoms with Crippen LogP contribution in [0, 0.1) is 5.92 Å². The average molecular weight is 326 g/mol. The fourth-order valence-electron chi connectivity index (χ4n) is 3.64. The Kier molecular flexibility index (Phi) is 5.68. The summed E-state index contributed by atoms with van der Waals surface area (Å²) < 4.78 is 0. The van der Waals surface area contributed by atoms with Crippen molar-refractivity contribution < 1.29 is 9.59 Å². The molecule has 2 amide bonds. The second-order valence-electron chi connectivity index (χ2n) is 6.73. The van der Waals surface area contributed by atoms with Crippen LogP contribution in [-0.4, -0.2) is 35.8 Å². The highest BCUT2D eigenvalue weighted by Gasteiger charge is 2.34. The monoisotopic (exact) mass is 326 g/mol. The Balaban J connectivity index is 1.51. The van der Waals surface area contributed by atoms with Gasteiger partial charge in [-0.15, -0.1) is 0 Å². The van der Waals surface area contributed by atoms with Crippen LogP contribution in [0.4, 0.5) is 0 Å². The molecule has 1 aliphatic heterocycles. The molecule has 0 unspecified atom stereocenters. The molecule has 1 heterocycles. The van der Waals surface area contributed by atoms with E-state index in [1.165, 1.54) is 12.0 Å². The van der Waals surface area contributed by atoms with Crippen molar-refractivity contribution in [1.29, 1.82) is 0 Å². The van der Waals surface area contributed by atoms with Crippen molar-refractivity contribution >= 4 is 11.8 Å². The Morgan fingerprint density at radius 2 is 1.83 bits per heavy atom. The number of amides is 2. The highest BCUT2D eigenvalue weighted by Crippen LogP contribution is 2.27. The number of rotatable bonds is 5. The number of nitrogens with one attached hydrogen (secondary N) is 1. The van der Waals surface area contributed by atoms with Gasteiger partial charge in [-0.3, -0.25) is 9.59 Å². The van der Waals surface area contributed by atoms with Crippen molar-refractivity contribution in [3.8, 4) is 0 Å². The summed E-state index contributed by atoms with van der Waals surface area (Å²) in [7, 11) is 0. The third kappa shape index (κ3) is 4.05. The molecule has 1 atom stereocenters. The highest BCUT2D eigenvalue weighted by atomic mass is 16.2. The summed E-state index contributed by atoms with van der Waals surface area (Å²) >= 11 is 0.